The van der Waals surface area contributed by atoms with Crippen LogP contribution < -0.4 is 15.4 Å². The molecule has 23 heavy (non-hydrogen) atoms. The lowest BCUT2D eigenvalue weighted by molar-refractivity contribution is -0.142. The first-order valence-electron chi connectivity index (χ1n) is 7.55. The van der Waals surface area contributed by atoms with E-state index in [2.05, 4.69) is 10.6 Å². The van der Waals surface area contributed by atoms with Crippen LogP contribution in [-0.2, 0) is 4.79 Å². The topological polar surface area (TPSA) is 87.7 Å². The van der Waals surface area contributed by atoms with Gasteiger partial charge in [0.1, 0.15) is 0 Å². The van der Waals surface area contributed by atoms with Gasteiger partial charge in [-0.1, -0.05) is 0 Å². The maximum absolute atomic E-state index is 13.7. The van der Waals surface area contributed by atoms with Gasteiger partial charge in [-0.3, -0.25) is 4.79 Å². The lowest BCUT2D eigenvalue weighted by atomic mass is 9.86. The zero-order valence-electron chi connectivity index (χ0n) is 13.2. The molecule has 1 aromatic rings. The molecular weight excluding hydrogens is 303 g/mol. The van der Waals surface area contributed by atoms with Gasteiger partial charge in [0.05, 0.1) is 13.0 Å². The van der Waals surface area contributed by atoms with Crippen molar-refractivity contribution in [1.82, 2.24) is 5.32 Å². The van der Waals surface area contributed by atoms with Gasteiger partial charge in [0.25, 0.3) is 0 Å². The highest BCUT2D eigenvalue weighted by atomic mass is 19.1. The van der Waals surface area contributed by atoms with Crippen LogP contribution in [0.3, 0.4) is 0 Å². The van der Waals surface area contributed by atoms with Crippen LogP contribution in [-0.4, -0.2) is 30.3 Å². The number of aliphatic carboxylic acids is 1. The van der Waals surface area contributed by atoms with Gasteiger partial charge in [-0.15, -0.1) is 0 Å². The van der Waals surface area contributed by atoms with Crippen LogP contribution in [0.2, 0.25) is 0 Å². The number of hydrogen-bond donors (Lipinski definition) is 3. The van der Waals surface area contributed by atoms with E-state index in [1.54, 1.807) is 6.92 Å². The van der Waals surface area contributed by atoms with Crippen LogP contribution >= 0.6 is 0 Å². The largest absolute Gasteiger partial charge is 0.494 e. The molecule has 0 saturated heterocycles. The summed E-state index contributed by atoms with van der Waals surface area (Å²) in [5, 5.41) is 14.4. The van der Waals surface area contributed by atoms with Crippen molar-refractivity contribution >= 4 is 17.7 Å². The zero-order chi connectivity index (χ0) is 17.0. The molecule has 0 bridgehead atoms. The van der Waals surface area contributed by atoms with Gasteiger partial charge < -0.3 is 20.5 Å². The average Bonchev–Trinajstić information content (AvgIpc) is 2.51. The highest BCUT2D eigenvalue weighted by molar-refractivity contribution is 5.90. The molecule has 1 aliphatic rings. The zero-order valence-corrected chi connectivity index (χ0v) is 13.2. The number of aryl methyl sites for hydroxylation is 1. The Bertz CT molecular complexity index is 598. The second kappa shape index (κ2) is 7.30. The molecule has 3 N–H and O–H groups in total. The van der Waals surface area contributed by atoms with Crippen LogP contribution in [0.1, 0.15) is 31.2 Å². The molecule has 2 amide bonds. The van der Waals surface area contributed by atoms with Crippen LogP contribution in [0, 0.1) is 18.7 Å². The number of urea groups is 1. The Balaban J connectivity index is 1.91. The van der Waals surface area contributed by atoms with Gasteiger partial charge in [0.2, 0.25) is 0 Å². The Morgan fingerprint density at radius 1 is 1.26 bits per heavy atom. The van der Waals surface area contributed by atoms with E-state index in [9.17, 15) is 14.0 Å². The summed E-state index contributed by atoms with van der Waals surface area (Å²) in [7, 11) is 1.38. The third-order valence-electron chi connectivity index (χ3n) is 4.16. The van der Waals surface area contributed by atoms with Crippen LogP contribution in [0.25, 0.3) is 0 Å². The van der Waals surface area contributed by atoms with Crippen molar-refractivity contribution in [2.24, 2.45) is 5.92 Å². The maximum Gasteiger partial charge on any atom is 0.319 e. The van der Waals surface area contributed by atoms with Crippen LogP contribution in [0.5, 0.6) is 5.75 Å². The number of hydrogen-bond acceptors (Lipinski definition) is 3. The summed E-state index contributed by atoms with van der Waals surface area (Å²) in [6.07, 6.45) is 2.35. The molecule has 0 radical (unpaired) electrons. The predicted octanol–water partition coefficient (Wildman–Crippen LogP) is 2.91. The highest BCUT2D eigenvalue weighted by Gasteiger charge is 2.26. The third-order valence-corrected chi connectivity index (χ3v) is 4.16. The number of halogens is 1. The number of nitrogens with one attached hydrogen (secondary N) is 2. The second-order valence-electron chi connectivity index (χ2n) is 5.79. The Morgan fingerprint density at radius 3 is 2.48 bits per heavy atom. The molecule has 6 nitrogen and oxygen atoms in total. The lowest BCUT2D eigenvalue weighted by Gasteiger charge is -2.27. The summed E-state index contributed by atoms with van der Waals surface area (Å²) in [4.78, 5) is 22.9. The third kappa shape index (κ3) is 4.34. The molecule has 1 saturated carbocycles. The smallest absolute Gasteiger partial charge is 0.319 e. The van der Waals surface area contributed by atoms with E-state index in [-0.39, 0.29) is 17.7 Å². The quantitative estimate of drug-likeness (QED) is 0.794. The van der Waals surface area contributed by atoms with E-state index in [1.165, 1.54) is 19.2 Å². The first-order chi connectivity index (χ1) is 10.9. The second-order valence-corrected chi connectivity index (χ2v) is 5.79. The number of amides is 2. The van der Waals surface area contributed by atoms with Crippen molar-refractivity contribution in [1.29, 1.82) is 0 Å². The monoisotopic (exact) mass is 324 g/mol. The molecule has 0 atom stereocenters. The molecular formula is C16H21FN2O4. The Morgan fingerprint density at radius 2 is 1.91 bits per heavy atom. The molecule has 7 heteroatoms. The molecule has 2 rings (SSSR count). The molecule has 1 aromatic carbocycles. The van der Waals surface area contributed by atoms with Crippen LogP contribution in [0.4, 0.5) is 14.9 Å². The van der Waals surface area contributed by atoms with Crippen molar-refractivity contribution in [3.8, 4) is 5.75 Å². The summed E-state index contributed by atoms with van der Waals surface area (Å²) >= 11 is 0. The van der Waals surface area contributed by atoms with Gasteiger partial charge in [-0.25, -0.2) is 9.18 Å². The van der Waals surface area contributed by atoms with Gasteiger partial charge in [-0.2, -0.15) is 0 Å². The fourth-order valence-electron chi connectivity index (χ4n) is 2.77. The first-order valence-corrected chi connectivity index (χ1v) is 7.55. The molecule has 0 aromatic heterocycles. The Hall–Kier alpha value is -2.31. The van der Waals surface area contributed by atoms with Crippen molar-refractivity contribution in [2.45, 2.75) is 38.6 Å². The number of rotatable bonds is 4. The number of carboxylic acids is 1. The van der Waals surface area contributed by atoms with Crippen molar-refractivity contribution in [3.05, 3.63) is 23.5 Å². The summed E-state index contributed by atoms with van der Waals surface area (Å²) < 4.78 is 18.6. The summed E-state index contributed by atoms with van der Waals surface area (Å²) in [6, 6.07) is 2.25. The number of ether oxygens (including phenoxy) is 1. The van der Waals surface area contributed by atoms with Crippen molar-refractivity contribution in [2.75, 3.05) is 12.4 Å². The summed E-state index contributed by atoms with van der Waals surface area (Å²) in [5.41, 5.74) is 1.06. The van der Waals surface area contributed by atoms with Crippen molar-refractivity contribution in [3.63, 3.8) is 0 Å². The Labute approximate surface area is 134 Å². The number of carboxylic acid groups (broad SMARTS) is 1. The number of benzene rings is 1. The summed E-state index contributed by atoms with van der Waals surface area (Å²) in [5.74, 6) is -1.53. The van der Waals surface area contributed by atoms with E-state index in [1.807, 2.05) is 0 Å². The van der Waals surface area contributed by atoms with E-state index in [4.69, 9.17) is 9.84 Å². The SMILES string of the molecule is COc1cc(C)c(NC(=O)NC2CCC(C(=O)O)CC2)cc1F. The van der Waals surface area contributed by atoms with Gasteiger partial charge in [0, 0.05) is 17.8 Å². The lowest BCUT2D eigenvalue weighted by Crippen LogP contribution is -2.41. The van der Waals surface area contributed by atoms with E-state index in [0.29, 0.717) is 36.9 Å². The minimum absolute atomic E-state index is 0.0611. The van der Waals surface area contributed by atoms with E-state index >= 15 is 0 Å². The van der Waals surface area contributed by atoms with E-state index < -0.39 is 17.8 Å². The number of methoxy groups -OCH3 is 1. The minimum Gasteiger partial charge on any atom is -0.494 e. The molecule has 0 spiro atoms. The standard InChI is InChI=1S/C16H21FN2O4/c1-9-7-14(23-2)12(17)8-13(9)19-16(22)18-11-5-3-10(4-6-11)15(20)21/h7-8,10-11H,3-6H2,1-2H3,(H,20,21)(H2,18,19,22). The molecule has 0 aliphatic heterocycles. The normalized spacial score (nSPS) is 20.7. The molecule has 0 heterocycles. The predicted molar refractivity (Wildman–Crippen MR) is 83.2 cm³/mol. The number of anilines is 1. The van der Waals surface area contributed by atoms with Gasteiger partial charge in [-0.05, 0) is 44.2 Å². The minimum atomic E-state index is -0.780. The molecule has 1 fully saturated rings. The fraction of sp³-hybridized carbons (Fsp3) is 0.500. The maximum atomic E-state index is 13.7. The average molecular weight is 324 g/mol. The molecule has 0 unspecified atom stereocenters. The van der Waals surface area contributed by atoms with Gasteiger partial charge in [0.15, 0.2) is 11.6 Å². The first kappa shape index (κ1) is 17.1. The van der Waals surface area contributed by atoms with Crippen LogP contribution in [0.15, 0.2) is 12.1 Å². The van der Waals surface area contributed by atoms with Gasteiger partial charge >= 0.3 is 12.0 Å². The molecule has 1 aliphatic carbocycles. The molecule has 126 valence electrons. The summed E-state index contributed by atoms with van der Waals surface area (Å²) in [6.45, 7) is 1.75. The fourth-order valence-corrected chi connectivity index (χ4v) is 2.77. The highest BCUT2D eigenvalue weighted by Crippen LogP contribution is 2.26. The Kier molecular flexibility index (Phi) is 5.41. The van der Waals surface area contributed by atoms with E-state index in [0.717, 1.165) is 0 Å². The van der Waals surface area contributed by atoms with Crippen molar-refractivity contribution < 1.29 is 23.8 Å². The number of carbonyl (C=O) groups excluding carboxylic acids is 1. The number of carbonyl (C=O) groups is 2.